The van der Waals surface area contributed by atoms with Gasteiger partial charge in [-0.05, 0) is 6.92 Å². The molecule has 0 aliphatic rings. The second-order valence-corrected chi connectivity index (χ2v) is 5.50. The fourth-order valence-electron chi connectivity index (χ4n) is 1.79. The maximum absolute atomic E-state index is 12.1. The summed E-state index contributed by atoms with van der Waals surface area (Å²) in [4.78, 5) is 17.4. The number of carbonyl (C=O) groups is 1. The molecule has 0 aliphatic heterocycles. The zero-order valence-electron chi connectivity index (χ0n) is 10.4. The molecule has 9 heteroatoms. The normalized spacial score (nSPS) is 12.7. The molecule has 3 rings (SSSR count). The fraction of sp³-hybridized carbons (Fsp3) is 0.182. The van der Waals surface area contributed by atoms with Gasteiger partial charge in [0, 0.05) is 17.8 Å². The first kappa shape index (κ1) is 12.9. The summed E-state index contributed by atoms with van der Waals surface area (Å²) in [6.07, 6.45) is 3.79. The Morgan fingerprint density at radius 2 is 2.45 bits per heavy atom. The molecule has 1 atom stereocenters. The lowest BCUT2D eigenvalue weighted by molar-refractivity contribution is 0.0934. The number of carbonyl (C=O) groups excluding carboxylic acids is 1. The average Bonchev–Trinajstić information content (AvgIpc) is 3.05. The van der Waals surface area contributed by atoms with E-state index in [1.807, 2.05) is 29.1 Å². The van der Waals surface area contributed by atoms with Crippen molar-refractivity contribution >= 4 is 39.6 Å². The molecule has 104 valence electrons. The molecule has 20 heavy (non-hydrogen) atoms. The lowest BCUT2D eigenvalue weighted by Crippen LogP contribution is -2.27. The summed E-state index contributed by atoms with van der Waals surface area (Å²) < 4.78 is 1.91. The molecule has 1 unspecified atom stereocenters. The summed E-state index contributed by atoms with van der Waals surface area (Å²) in [6, 6.07) is -0.254. The maximum Gasteiger partial charge on any atom is 0.271 e. The van der Waals surface area contributed by atoms with Gasteiger partial charge in [-0.1, -0.05) is 11.6 Å². The Morgan fingerprint density at radius 3 is 3.10 bits per heavy atom. The Hall–Kier alpha value is -2.06. The van der Waals surface area contributed by atoms with Crippen molar-refractivity contribution in [3.63, 3.8) is 0 Å². The number of rotatable bonds is 3. The quantitative estimate of drug-likeness (QED) is 0.687. The Kier molecular flexibility index (Phi) is 3.11. The van der Waals surface area contributed by atoms with Gasteiger partial charge in [0.05, 0.1) is 11.7 Å². The summed E-state index contributed by atoms with van der Waals surface area (Å²) >= 11 is 7.41. The molecule has 0 saturated heterocycles. The third-order valence-electron chi connectivity index (χ3n) is 2.86. The van der Waals surface area contributed by atoms with Crippen LogP contribution in [0.1, 0.15) is 29.1 Å². The molecule has 0 aromatic carbocycles. The lowest BCUT2D eigenvalue weighted by Gasteiger charge is -2.10. The number of nitrogen functional groups attached to an aromatic ring is 1. The largest absolute Gasteiger partial charge is 0.381 e. The standard InChI is InChI=1S/C11H11ClN6OS/c1-5(6-4-18-2-3-20-11(18)15-6)14-10(19)8-7(12)9(13)17-16-8/h2-5H,1H3,(H,14,19)(H3,13,16,17). The SMILES string of the molecule is CC(NC(=O)c1[nH]nc(N)c1Cl)c1cn2ccsc2n1. The maximum atomic E-state index is 12.1. The number of H-pyrrole nitrogens is 1. The molecule has 0 bridgehead atoms. The first-order valence-electron chi connectivity index (χ1n) is 5.78. The van der Waals surface area contributed by atoms with Crippen LogP contribution in [0.15, 0.2) is 17.8 Å². The number of amides is 1. The monoisotopic (exact) mass is 310 g/mol. The van der Waals surface area contributed by atoms with E-state index in [2.05, 4.69) is 20.5 Å². The number of hydrogen-bond acceptors (Lipinski definition) is 5. The average molecular weight is 311 g/mol. The first-order valence-corrected chi connectivity index (χ1v) is 7.04. The highest BCUT2D eigenvalue weighted by Crippen LogP contribution is 2.21. The van der Waals surface area contributed by atoms with E-state index >= 15 is 0 Å². The van der Waals surface area contributed by atoms with Crippen LogP contribution in [0.2, 0.25) is 5.02 Å². The van der Waals surface area contributed by atoms with Gasteiger partial charge in [-0.2, -0.15) is 5.10 Å². The number of imidazole rings is 1. The predicted octanol–water partition coefficient (Wildman–Crippen LogP) is 1.85. The Bertz CT molecular complexity index is 746. The van der Waals surface area contributed by atoms with Crippen LogP contribution in [-0.2, 0) is 0 Å². The predicted molar refractivity (Wildman–Crippen MR) is 77.0 cm³/mol. The third kappa shape index (κ3) is 2.12. The lowest BCUT2D eigenvalue weighted by atomic mass is 10.2. The number of nitrogens with zero attached hydrogens (tertiary/aromatic N) is 3. The van der Waals surface area contributed by atoms with Gasteiger partial charge >= 0.3 is 0 Å². The molecule has 0 saturated carbocycles. The molecular formula is C11H11ClN6OS. The molecule has 0 radical (unpaired) electrons. The first-order chi connectivity index (χ1) is 9.56. The van der Waals surface area contributed by atoms with Gasteiger partial charge in [0.2, 0.25) is 0 Å². The van der Waals surface area contributed by atoms with Crippen molar-refractivity contribution in [3.05, 3.63) is 34.2 Å². The zero-order valence-corrected chi connectivity index (χ0v) is 12.0. The molecule has 3 aromatic rings. The summed E-state index contributed by atoms with van der Waals surface area (Å²) in [6.45, 7) is 1.85. The van der Waals surface area contributed by atoms with E-state index in [1.165, 1.54) is 11.3 Å². The van der Waals surface area contributed by atoms with Crippen LogP contribution in [-0.4, -0.2) is 25.5 Å². The van der Waals surface area contributed by atoms with Crippen molar-refractivity contribution in [1.29, 1.82) is 0 Å². The van der Waals surface area contributed by atoms with Crippen molar-refractivity contribution in [1.82, 2.24) is 24.9 Å². The topological polar surface area (TPSA) is 101 Å². The minimum Gasteiger partial charge on any atom is -0.381 e. The van der Waals surface area contributed by atoms with Crippen molar-refractivity contribution in [2.45, 2.75) is 13.0 Å². The third-order valence-corrected chi connectivity index (χ3v) is 4.02. The second-order valence-electron chi connectivity index (χ2n) is 4.25. The van der Waals surface area contributed by atoms with Crippen molar-refractivity contribution in [2.75, 3.05) is 5.73 Å². The van der Waals surface area contributed by atoms with Crippen LogP contribution in [0.3, 0.4) is 0 Å². The number of nitrogens with one attached hydrogen (secondary N) is 2. The molecule has 0 fully saturated rings. The highest BCUT2D eigenvalue weighted by Gasteiger charge is 2.19. The van der Waals surface area contributed by atoms with E-state index < -0.39 is 0 Å². The van der Waals surface area contributed by atoms with Crippen molar-refractivity contribution in [3.8, 4) is 0 Å². The van der Waals surface area contributed by atoms with Crippen molar-refractivity contribution in [2.24, 2.45) is 0 Å². The summed E-state index contributed by atoms with van der Waals surface area (Å²) in [7, 11) is 0. The molecule has 7 nitrogen and oxygen atoms in total. The second kappa shape index (κ2) is 4.80. The number of halogens is 1. The number of fused-ring (bicyclic) bond motifs is 1. The molecule has 4 N–H and O–H groups in total. The smallest absolute Gasteiger partial charge is 0.271 e. The molecular weight excluding hydrogens is 300 g/mol. The van der Waals surface area contributed by atoms with Gasteiger partial charge in [0.25, 0.3) is 5.91 Å². The minimum atomic E-state index is -0.372. The van der Waals surface area contributed by atoms with Crippen LogP contribution in [0.25, 0.3) is 4.96 Å². The molecule has 1 amide bonds. The molecule has 0 aliphatic carbocycles. The Morgan fingerprint density at radius 1 is 1.65 bits per heavy atom. The van der Waals surface area contributed by atoms with Gasteiger partial charge in [-0.25, -0.2) is 4.98 Å². The van der Waals surface area contributed by atoms with E-state index in [9.17, 15) is 4.79 Å². The number of hydrogen-bond donors (Lipinski definition) is 3. The number of aromatic nitrogens is 4. The summed E-state index contributed by atoms with van der Waals surface area (Å²) in [5.41, 5.74) is 6.41. The van der Waals surface area contributed by atoms with E-state index in [0.717, 1.165) is 10.7 Å². The van der Waals surface area contributed by atoms with E-state index in [1.54, 1.807) is 0 Å². The van der Waals surface area contributed by atoms with Gasteiger partial charge in [-0.15, -0.1) is 11.3 Å². The summed E-state index contributed by atoms with van der Waals surface area (Å²) in [5.74, 6) is -0.268. The molecule has 3 aromatic heterocycles. The van der Waals surface area contributed by atoms with E-state index in [4.69, 9.17) is 17.3 Å². The van der Waals surface area contributed by atoms with Gasteiger partial charge < -0.3 is 11.1 Å². The van der Waals surface area contributed by atoms with Crippen LogP contribution < -0.4 is 11.1 Å². The molecule has 0 spiro atoms. The van der Waals surface area contributed by atoms with Crippen LogP contribution in [0.4, 0.5) is 5.82 Å². The number of thiazole rings is 1. The summed E-state index contributed by atoms with van der Waals surface area (Å²) in [5, 5.41) is 11.1. The highest BCUT2D eigenvalue weighted by molar-refractivity contribution is 7.15. The van der Waals surface area contributed by atoms with Crippen LogP contribution >= 0.6 is 22.9 Å². The van der Waals surface area contributed by atoms with Crippen LogP contribution in [0, 0.1) is 0 Å². The minimum absolute atomic E-state index is 0.104. The zero-order chi connectivity index (χ0) is 14.3. The molecule has 3 heterocycles. The number of aromatic amines is 1. The van der Waals surface area contributed by atoms with Crippen molar-refractivity contribution < 1.29 is 4.79 Å². The number of anilines is 1. The number of nitrogens with two attached hydrogens (primary N) is 1. The van der Waals surface area contributed by atoms with Gasteiger partial charge in [0.15, 0.2) is 10.8 Å². The Labute approximate surface area is 122 Å². The van der Waals surface area contributed by atoms with E-state index in [0.29, 0.717) is 0 Å². The Balaban J connectivity index is 1.78. The van der Waals surface area contributed by atoms with Gasteiger partial charge in [-0.3, -0.25) is 14.3 Å². The highest BCUT2D eigenvalue weighted by atomic mass is 35.5. The fourth-order valence-corrected chi connectivity index (χ4v) is 2.67. The van der Waals surface area contributed by atoms with E-state index in [-0.39, 0.29) is 28.5 Å². The van der Waals surface area contributed by atoms with Gasteiger partial charge in [0.1, 0.15) is 10.7 Å². The van der Waals surface area contributed by atoms with Crippen LogP contribution in [0.5, 0.6) is 0 Å².